The first kappa shape index (κ1) is 23.1. The van der Waals surface area contributed by atoms with E-state index in [1.54, 1.807) is 24.3 Å². The minimum atomic E-state index is -0.970. The van der Waals surface area contributed by atoms with Crippen molar-refractivity contribution in [2.45, 2.75) is 25.6 Å². The molecule has 4 aromatic rings. The average molecular weight is 487 g/mol. The van der Waals surface area contributed by atoms with Crippen molar-refractivity contribution in [3.63, 3.8) is 0 Å². The number of benzene rings is 3. The Hall–Kier alpha value is -3.06. The second-order valence-electron chi connectivity index (χ2n) is 7.58. The quantitative estimate of drug-likeness (QED) is 0.272. The lowest BCUT2D eigenvalue weighted by Crippen LogP contribution is -2.38. The second kappa shape index (κ2) is 10.3. The molecule has 3 aromatic carbocycles. The van der Waals surface area contributed by atoms with Gasteiger partial charge in [0.25, 0.3) is 0 Å². The highest BCUT2D eigenvalue weighted by molar-refractivity contribution is 6.31. The van der Waals surface area contributed by atoms with E-state index in [0.717, 1.165) is 16.5 Å². The van der Waals surface area contributed by atoms with Gasteiger partial charge in [-0.05, 0) is 42.0 Å². The van der Waals surface area contributed by atoms with E-state index in [1.807, 2.05) is 30.5 Å². The van der Waals surface area contributed by atoms with E-state index >= 15 is 0 Å². The largest absolute Gasteiger partial charge is 0.488 e. The van der Waals surface area contributed by atoms with Gasteiger partial charge in [0.2, 0.25) is 0 Å². The summed E-state index contributed by atoms with van der Waals surface area (Å²) in [6, 6.07) is 16.4. The normalized spacial score (nSPS) is 12.1. The Balaban J connectivity index is 1.49. The number of H-pyrrole nitrogens is 1. The smallest absolute Gasteiger partial charge is 0.321 e. The summed E-state index contributed by atoms with van der Waals surface area (Å²) in [5.74, 6) is -0.967. The van der Waals surface area contributed by atoms with Gasteiger partial charge in [-0.3, -0.25) is 10.1 Å². The Kier molecular flexibility index (Phi) is 7.18. The zero-order valence-corrected chi connectivity index (χ0v) is 19.0. The van der Waals surface area contributed by atoms with Crippen molar-refractivity contribution in [2.75, 3.05) is 0 Å². The summed E-state index contributed by atoms with van der Waals surface area (Å²) in [5, 5.41) is 14.6. The van der Waals surface area contributed by atoms with Gasteiger partial charge in [-0.25, -0.2) is 4.39 Å². The van der Waals surface area contributed by atoms with Crippen molar-refractivity contribution in [1.82, 2.24) is 10.3 Å². The number of hydrogen-bond acceptors (Lipinski definition) is 3. The molecule has 33 heavy (non-hydrogen) atoms. The maximum atomic E-state index is 14.1. The van der Waals surface area contributed by atoms with Crippen LogP contribution in [0.4, 0.5) is 4.39 Å². The summed E-state index contributed by atoms with van der Waals surface area (Å²) in [4.78, 5) is 15.1. The number of nitrogens with one attached hydrogen (secondary N) is 2. The second-order valence-corrected chi connectivity index (χ2v) is 8.42. The number of ether oxygens (including phenoxy) is 1. The number of rotatable bonds is 9. The Morgan fingerprint density at radius 2 is 1.91 bits per heavy atom. The van der Waals surface area contributed by atoms with Gasteiger partial charge in [-0.1, -0.05) is 47.5 Å². The molecular weight excluding hydrogens is 466 g/mol. The van der Waals surface area contributed by atoms with Gasteiger partial charge in [0.05, 0.1) is 5.02 Å². The van der Waals surface area contributed by atoms with E-state index in [1.165, 1.54) is 12.1 Å². The lowest BCUT2D eigenvalue weighted by atomic mass is 10.0. The number of aromatic nitrogens is 1. The molecule has 3 N–H and O–H groups in total. The van der Waals surface area contributed by atoms with E-state index < -0.39 is 17.8 Å². The van der Waals surface area contributed by atoms with E-state index in [9.17, 15) is 14.3 Å². The van der Waals surface area contributed by atoms with Crippen molar-refractivity contribution in [2.24, 2.45) is 0 Å². The van der Waals surface area contributed by atoms with Gasteiger partial charge >= 0.3 is 5.97 Å². The first-order valence-corrected chi connectivity index (χ1v) is 11.0. The van der Waals surface area contributed by atoms with Gasteiger partial charge in [-0.15, -0.1) is 0 Å². The van der Waals surface area contributed by atoms with Gasteiger partial charge in [0, 0.05) is 46.2 Å². The molecule has 1 aromatic heterocycles. The van der Waals surface area contributed by atoms with Gasteiger partial charge < -0.3 is 14.8 Å². The van der Waals surface area contributed by atoms with Crippen LogP contribution in [-0.2, 0) is 24.4 Å². The van der Waals surface area contributed by atoms with Gasteiger partial charge in [-0.2, -0.15) is 0 Å². The van der Waals surface area contributed by atoms with Crippen LogP contribution in [-0.4, -0.2) is 22.1 Å². The monoisotopic (exact) mass is 486 g/mol. The molecule has 0 saturated carbocycles. The molecule has 0 saturated heterocycles. The van der Waals surface area contributed by atoms with Crippen LogP contribution in [0.2, 0.25) is 10.0 Å². The SMILES string of the molecule is O=C(O)C(Cc1c[nH]c2ccccc12)NCc1cc(Cl)ccc1OCc1c(F)cccc1Cl. The number of aliphatic carboxylic acids is 1. The van der Waals surface area contributed by atoms with Crippen LogP contribution in [0.3, 0.4) is 0 Å². The summed E-state index contributed by atoms with van der Waals surface area (Å²) in [7, 11) is 0. The predicted molar refractivity (Wildman–Crippen MR) is 127 cm³/mol. The summed E-state index contributed by atoms with van der Waals surface area (Å²) < 4.78 is 19.9. The van der Waals surface area contributed by atoms with E-state index in [4.69, 9.17) is 27.9 Å². The maximum absolute atomic E-state index is 14.1. The van der Waals surface area contributed by atoms with Crippen molar-refractivity contribution in [3.8, 4) is 5.75 Å². The fraction of sp³-hybridized carbons (Fsp3) is 0.160. The lowest BCUT2D eigenvalue weighted by molar-refractivity contribution is -0.139. The molecule has 1 heterocycles. The molecule has 4 rings (SSSR count). The fourth-order valence-electron chi connectivity index (χ4n) is 3.65. The number of halogens is 3. The summed E-state index contributed by atoms with van der Waals surface area (Å²) in [5.41, 5.74) is 2.76. The first-order chi connectivity index (χ1) is 15.9. The number of fused-ring (bicyclic) bond motifs is 1. The Morgan fingerprint density at radius 3 is 2.70 bits per heavy atom. The standard InChI is InChI=1S/C25H21Cl2FN2O3/c26-17-8-9-24(33-14-19-20(27)5-3-6-21(19)28)16(10-17)13-30-23(25(31)32)11-15-12-29-22-7-2-1-4-18(15)22/h1-10,12,23,29-30H,11,13-14H2,(H,31,32). The van der Waals surface area contributed by atoms with Crippen LogP contribution in [0.5, 0.6) is 5.75 Å². The van der Waals surface area contributed by atoms with Crippen molar-refractivity contribution in [3.05, 3.63) is 99.4 Å². The molecule has 5 nitrogen and oxygen atoms in total. The first-order valence-electron chi connectivity index (χ1n) is 10.3. The third-order valence-electron chi connectivity index (χ3n) is 5.39. The van der Waals surface area contributed by atoms with Gasteiger partial charge in [0.15, 0.2) is 0 Å². The molecular formula is C25H21Cl2FN2O3. The van der Waals surface area contributed by atoms with Crippen LogP contribution >= 0.6 is 23.2 Å². The minimum absolute atomic E-state index is 0.0716. The molecule has 0 bridgehead atoms. The molecule has 8 heteroatoms. The highest BCUT2D eigenvalue weighted by Crippen LogP contribution is 2.27. The van der Waals surface area contributed by atoms with Crippen molar-refractivity contribution < 1.29 is 19.0 Å². The zero-order chi connectivity index (χ0) is 23.4. The number of para-hydroxylation sites is 1. The molecule has 0 aliphatic rings. The third kappa shape index (κ3) is 5.47. The Morgan fingerprint density at radius 1 is 1.09 bits per heavy atom. The predicted octanol–water partition coefficient (Wildman–Crippen LogP) is 5.98. The topological polar surface area (TPSA) is 74.3 Å². The molecule has 0 amide bonds. The van der Waals surface area contributed by atoms with Crippen molar-refractivity contribution in [1.29, 1.82) is 0 Å². The minimum Gasteiger partial charge on any atom is -0.488 e. The summed E-state index contributed by atoms with van der Waals surface area (Å²) in [6.45, 7) is 0.123. The van der Waals surface area contributed by atoms with E-state index in [-0.39, 0.29) is 23.7 Å². The molecule has 1 unspecified atom stereocenters. The number of carboxylic acids is 1. The molecule has 0 spiro atoms. The molecule has 170 valence electrons. The van der Waals surface area contributed by atoms with Crippen LogP contribution in [0, 0.1) is 5.82 Å². The number of hydrogen-bond donors (Lipinski definition) is 3. The van der Waals surface area contributed by atoms with Crippen LogP contribution in [0.1, 0.15) is 16.7 Å². The molecule has 0 aliphatic carbocycles. The Labute approximate surface area is 200 Å². The number of carbonyl (C=O) groups is 1. The van der Waals surface area contributed by atoms with Gasteiger partial charge in [0.1, 0.15) is 24.2 Å². The average Bonchev–Trinajstić information content (AvgIpc) is 3.20. The number of aromatic amines is 1. The number of carboxylic acid groups (broad SMARTS) is 1. The molecule has 0 aliphatic heterocycles. The fourth-order valence-corrected chi connectivity index (χ4v) is 4.06. The summed E-state index contributed by atoms with van der Waals surface area (Å²) in [6.07, 6.45) is 2.12. The molecule has 0 fully saturated rings. The zero-order valence-electron chi connectivity index (χ0n) is 17.4. The Bertz CT molecular complexity index is 1270. The van der Waals surface area contributed by atoms with Crippen LogP contribution in [0.25, 0.3) is 10.9 Å². The van der Waals surface area contributed by atoms with Crippen LogP contribution in [0.15, 0.2) is 66.9 Å². The highest BCUT2D eigenvalue weighted by Gasteiger charge is 2.20. The maximum Gasteiger partial charge on any atom is 0.321 e. The lowest BCUT2D eigenvalue weighted by Gasteiger charge is -2.17. The van der Waals surface area contributed by atoms with Crippen molar-refractivity contribution >= 4 is 40.1 Å². The highest BCUT2D eigenvalue weighted by atomic mass is 35.5. The third-order valence-corrected chi connectivity index (χ3v) is 5.98. The molecule has 0 radical (unpaired) electrons. The molecule has 1 atom stereocenters. The van der Waals surface area contributed by atoms with Crippen LogP contribution < -0.4 is 10.1 Å². The van der Waals surface area contributed by atoms with E-state index in [0.29, 0.717) is 22.8 Å². The van der Waals surface area contributed by atoms with E-state index in [2.05, 4.69) is 10.3 Å². The summed E-state index contributed by atoms with van der Waals surface area (Å²) >= 11 is 12.2.